The van der Waals surface area contributed by atoms with Gasteiger partial charge in [0.25, 0.3) is 10.1 Å². The van der Waals surface area contributed by atoms with Crippen LogP contribution in [0.15, 0.2) is 136 Å². The molecule has 0 atom stereocenters. The molecular weight excluding hydrogens is 781 g/mol. The van der Waals surface area contributed by atoms with E-state index in [0.717, 1.165) is 23.8 Å². The van der Waals surface area contributed by atoms with Crippen LogP contribution >= 0.6 is 21.7 Å². The van der Waals surface area contributed by atoms with E-state index in [0.29, 0.717) is 10.8 Å². The maximum atomic E-state index is 12.0. The molecule has 0 aliphatic rings. The molecule has 6 aromatic carbocycles. The quantitative estimate of drug-likeness (QED) is 0.0461. The van der Waals surface area contributed by atoms with Crippen molar-refractivity contribution in [3.05, 3.63) is 96.6 Å². The van der Waals surface area contributed by atoms with Crippen molar-refractivity contribution in [3.63, 3.8) is 0 Å². The van der Waals surface area contributed by atoms with E-state index in [1.807, 2.05) is 0 Å². The number of phenolic OH excluding ortho intramolecular Hbond substituents is 2. The number of rotatable bonds is 10. The number of hydrogen-bond acceptors (Lipinski definition) is 17. The Labute approximate surface area is 315 Å². The van der Waals surface area contributed by atoms with Crippen molar-refractivity contribution in [1.82, 2.24) is 0 Å². The predicted octanol–water partition coefficient (Wildman–Crippen LogP) is 11.4. The molecule has 0 saturated carbocycles. The third-order valence-electron chi connectivity index (χ3n) is 7.95. The van der Waals surface area contributed by atoms with Crippen LogP contribution in [0.1, 0.15) is 5.56 Å². The normalized spacial score (nSPS) is 13.5. The van der Waals surface area contributed by atoms with Gasteiger partial charge >= 0.3 is 0 Å². The summed E-state index contributed by atoms with van der Waals surface area (Å²) < 4.78 is 98.2. The molecule has 0 heterocycles. The smallest absolute Gasteiger partial charge is 0.294 e. The minimum absolute atomic E-state index is 0.00968. The van der Waals surface area contributed by atoms with Gasteiger partial charge in [-0.15, -0.1) is 25.6 Å². The van der Waals surface area contributed by atoms with Crippen molar-refractivity contribution in [3.8, 4) is 17.2 Å². The second-order valence-electron chi connectivity index (χ2n) is 11.7. The van der Waals surface area contributed by atoms with Gasteiger partial charge in [-0.05, 0) is 60.8 Å². The predicted molar refractivity (Wildman–Crippen MR) is 205 cm³/mol. The minimum Gasteiger partial charge on any atom is -0.506 e. The Kier molecular flexibility index (Phi) is 10.6. The number of nitrogens with zero attached hydrogens (tertiary/aromatic N) is 6. The zero-order chi connectivity index (χ0) is 39.9. The molecule has 9 N–H and O–H groups in total. The highest BCUT2D eigenvalue weighted by molar-refractivity contribution is 8.19. The molecule has 0 radical (unpaired) electrons. The Balaban J connectivity index is 1.38. The lowest BCUT2D eigenvalue weighted by atomic mass is 10.1. The third kappa shape index (κ3) is 8.55. The Morgan fingerprint density at radius 3 is 1.89 bits per heavy atom. The van der Waals surface area contributed by atoms with Gasteiger partial charge in [0.05, 0.1) is 38.9 Å². The lowest BCUT2D eigenvalue weighted by Gasteiger charge is -2.22. The van der Waals surface area contributed by atoms with Gasteiger partial charge in [-0.25, -0.2) is 0 Å². The molecular formula is C34H30N6O12S3. The van der Waals surface area contributed by atoms with Crippen molar-refractivity contribution >= 4 is 87.5 Å². The van der Waals surface area contributed by atoms with Gasteiger partial charge < -0.3 is 42.3 Å². The Bertz CT molecular complexity index is 2700. The van der Waals surface area contributed by atoms with E-state index in [1.54, 1.807) is 25.1 Å². The number of methoxy groups -OCH3 is 1. The molecule has 18 nitrogen and oxygen atoms in total. The first kappa shape index (κ1) is 39.1. The summed E-state index contributed by atoms with van der Waals surface area (Å²) in [7, 11) is -11.8. The molecule has 286 valence electrons. The second-order valence-corrected chi connectivity index (χ2v) is 16.1. The molecule has 6 rings (SSSR count). The van der Waals surface area contributed by atoms with Crippen LogP contribution < -0.4 is 4.74 Å². The van der Waals surface area contributed by atoms with Crippen LogP contribution in [0.5, 0.6) is 17.2 Å². The molecule has 55 heavy (non-hydrogen) atoms. The van der Waals surface area contributed by atoms with Gasteiger partial charge in [0.2, 0.25) is 0 Å². The van der Waals surface area contributed by atoms with Crippen LogP contribution in [0.4, 0.5) is 34.1 Å². The molecule has 0 saturated heterocycles. The van der Waals surface area contributed by atoms with Crippen molar-refractivity contribution < 1.29 is 55.2 Å². The standard InChI is InChI=1S/C34H30N6O12S3/c1-18-6-8-23-19(12-18)13-32(55(49,50)51)33(34(23)42)40-38-28-17-31(52-2)29(16-30(28)41)39-37-27-11-10-26(24-9-7-22(15-25(24)27)54(46,47)48)36-35-20-4-3-5-21(14-20)53(43,44)45/h3-17,41-45,49-51H,1-2H3,(H,46,47,48). The summed E-state index contributed by atoms with van der Waals surface area (Å²) in [5.74, 6) is -1.00. The average Bonchev–Trinajstić information content (AvgIpc) is 3.12. The van der Waals surface area contributed by atoms with Gasteiger partial charge in [-0.3, -0.25) is 4.55 Å². The van der Waals surface area contributed by atoms with Crippen molar-refractivity contribution in [1.29, 1.82) is 0 Å². The molecule has 0 aliphatic carbocycles. The SMILES string of the molecule is COc1cc(N=Nc2c(S(O)(O)O)cc3cc(C)ccc3c2O)c(O)cc1N=Nc1ccc(N=Nc2cccc(S(O)(O)O)c2)c2ccc(S(=O)(=O)O)cc12. The van der Waals surface area contributed by atoms with Crippen molar-refractivity contribution in [2.75, 3.05) is 7.11 Å². The molecule has 0 bridgehead atoms. The molecule has 0 aliphatic heterocycles. The molecule has 0 amide bonds. The fourth-order valence-electron chi connectivity index (χ4n) is 5.32. The summed E-state index contributed by atoms with van der Waals surface area (Å²) in [5.41, 5.74) is 0.536. The molecule has 0 fully saturated rings. The van der Waals surface area contributed by atoms with Gasteiger partial charge in [-0.1, -0.05) is 35.9 Å². The van der Waals surface area contributed by atoms with Crippen molar-refractivity contribution in [2.45, 2.75) is 21.6 Å². The molecule has 0 aromatic heterocycles. The van der Waals surface area contributed by atoms with Gasteiger partial charge in [0.15, 0.2) is 5.75 Å². The monoisotopic (exact) mass is 810 g/mol. The maximum Gasteiger partial charge on any atom is 0.294 e. The number of aryl methyl sites for hydroxylation is 1. The molecule has 0 unspecified atom stereocenters. The number of aromatic hydroxyl groups is 2. The number of ether oxygens (including phenoxy) is 1. The zero-order valence-electron chi connectivity index (χ0n) is 28.3. The lowest BCUT2D eigenvalue weighted by molar-refractivity contribution is 0.373. The number of azo groups is 3. The highest BCUT2D eigenvalue weighted by Gasteiger charge is 2.26. The van der Waals surface area contributed by atoms with Gasteiger partial charge in [0, 0.05) is 28.3 Å². The molecule has 6 aromatic rings. The van der Waals surface area contributed by atoms with E-state index in [1.165, 1.54) is 61.7 Å². The van der Waals surface area contributed by atoms with E-state index in [2.05, 4.69) is 30.7 Å². The fourth-order valence-corrected chi connectivity index (χ4v) is 7.04. The van der Waals surface area contributed by atoms with E-state index in [-0.39, 0.29) is 49.9 Å². The molecule has 0 spiro atoms. The van der Waals surface area contributed by atoms with Crippen LogP contribution in [0.25, 0.3) is 21.5 Å². The van der Waals surface area contributed by atoms with Crippen molar-refractivity contribution in [2.24, 2.45) is 30.7 Å². The number of fused-ring (bicyclic) bond motifs is 2. The minimum atomic E-state index is -4.66. The summed E-state index contributed by atoms with van der Waals surface area (Å²) in [6.45, 7) is 1.79. The van der Waals surface area contributed by atoms with Crippen LogP contribution in [-0.4, -0.2) is 57.6 Å². The highest BCUT2D eigenvalue weighted by Crippen LogP contribution is 2.54. The first-order valence-electron chi connectivity index (χ1n) is 15.4. The van der Waals surface area contributed by atoms with Gasteiger partial charge in [0.1, 0.15) is 50.3 Å². The topological polar surface area (TPSA) is 300 Å². The maximum absolute atomic E-state index is 12.0. The van der Waals surface area contributed by atoms with Crippen LogP contribution in [0.2, 0.25) is 0 Å². The lowest BCUT2D eigenvalue weighted by Crippen LogP contribution is -1.97. The summed E-state index contributed by atoms with van der Waals surface area (Å²) in [6, 6.07) is 20.5. The fraction of sp³-hybridized carbons (Fsp3) is 0.0588. The van der Waals surface area contributed by atoms with Gasteiger partial charge in [-0.2, -0.15) is 13.5 Å². The number of hydrogen-bond donors (Lipinski definition) is 9. The Morgan fingerprint density at radius 2 is 1.22 bits per heavy atom. The highest BCUT2D eigenvalue weighted by atomic mass is 32.3. The van der Waals surface area contributed by atoms with Crippen LogP contribution in [-0.2, 0) is 10.1 Å². The number of phenols is 2. The van der Waals surface area contributed by atoms with E-state index >= 15 is 0 Å². The zero-order valence-corrected chi connectivity index (χ0v) is 30.8. The second kappa shape index (κ2) is 14.9. The largest absolute Gasteiger partial charge is 0.506 e. The van der Waals surface area contributed by atoms with E-state index in [9.17, 15) is 50.5 Å². The van der Waals surface area contributed by atoms with Crippen LogP contribution in [0, 0.1) is 6.92 Å². The average molecular weight is 811 g/mol. The van der Waals surface area contributed by atoms with E-state index < -0.39 is 58.8 Å². The van der Waals surface area contributed by atoms with Crippen LogP contribution in [0.3, 0.4) is 0 Å². The third-order valence-corrected chi connectivity index (χ3v) is 10.6. The Morgan fingerprint density at radius 1 is 0.564 bits per heavy atom. The molecule has 21 heteroatoms. The number of benzene rings is 6. The summed E-state index contributed by atoms with van der Waals surface area (Å²) in [4.78, 5) is -1.15. The first-order chi connectivity index (χ1) is 25.8. The summed E-state index contributed by atoms with van der Waals surface area (Å²) in [6.07, 6.45) is 0. The summed E-state index contributed by atoms with van der Waals surface area (Å²) >= 11 is 0. The summed E-state index contributed by atoms with van der Waals surface area (Å²) in [5, 5.41) is 47.5. The first-order valence-corrected chi connectivity index (χ1v) is 19.9. The van der Waals surface area contributed by atoms with E-state index in [4.69, 9.17) is 4.74 Å². The Hall–Kier alpha value is -5.59.